The third kappa shape index (κ3) is 4.64. The molecule has 2 aromatic carbocycles. The van der Waals surface area contributed by atoms with Crippen molar-refractivity contribution in [3.8, 4) is 0 Å². The summed E-state index contributed by atoms with van der Waals surface area (Å²) in [6.45, 7) is 4.97. The first-order chi connectivity index (χ1) is 12.7. The molecule has 1 heterocycles. The van der Waals surface area contributed by atoms with Crippen molar-refractivity contribution in [2.24, 2.45) is 0 Å². The smallest absolute Gasteiger partial charge is 0.237 e. The molecule has 1 atom stereocenters. The van der Waals surface area contributed by atoms with E-state index < -0.39 is 0 Å². The van der Waals surface area contributed by atoms with E-state index in [0.29, 0.717) is 0 Å². The Balaban J connectivity index is 1.61. The van der Waals surface area contributed by atoms with Gasteiger partial charge in [0.25, 0.3) is 0 Å². The number of thioether (sulfide) groups is 1. The molecule has 136 valence electrons. The number of aryl methyl sites for hydroxylation is 1. The zero-order valence-corrected chi connectivity index (χ0v) is 16.0. The largest absolute Gasteiger partial charge is 0.325 e. The zero-order chi connectivity index (χ0) is 18.4. The number of nitrogens with one attached hydrogen (secondary N) is 1. The summed E-state index contributed by atoms with van der Waals surface area (Å²) >= 11 is 1.44. The number of nitrogens with zero attached hydrogens (tertiary/aromatic N) is 3. The molecule has 0 fully saturated rings. The number of anilines is 1. The van der Waals surface area contributed by atoms with Crippen molar-refractivity contribution in [3.63, 3.8) is 0 Å². The summed E-state index contributed by atoms with van der Waals surface area (Å²) in [5.41, 5.74) is 0.811. The Kier molecular flexibility index (Phi) is 6.28. The number of carbonyl (C=O) groups excluding carboxylic acids is 1. The highest BCUT2D eigenvalue weighted by Crippen LogP contribution is 2.24. The van der Waals surface area contributed by atoms with E-state index >= 15 is 0 Å². The number of hydrogen-bond donors (Lipinski definition) is 1. The van der Waals surface area contributed by atoms with Gasteiger partial charge >= 0.3 is 0 Å². The van der Waals surface area contributed by atoms with Crippen molar-refractivity contribution in [1.82, 2.24) is 14.8 Å². The predicted octanol–water partition coefficient (Wildman–Crippen LogP) is 4.74. The highest BCUT2D eigenvalue weighted by atomic mass is 32.2. The molecule has 3 aromatic rings. The molecular weight excluding hydrogens is 344 g/mol. The molecule has 0 spiro atoms. The maximum atomic E-state index is 12.6. The number of unbranched alkanes of at least 4 members (excludes halogenated alkanes) is 2. The fourth-order valence-corrected chi connectivity index (χ4v) is 3.59. The van der Waals surface area contributed by atoms with Crippen LogP contribution in [0.2, 0.25) is 0 Å². The van der Waals surface area contributed by atoms with Gasteiger partial charge in [0.2, 0.25) is 5.91 Å². The number of carbonyl (C=O) groups is 1. The van der Waals surface area contributed by atoms with Gasteiger partial charge in [-0.1, -0.05) is 61.9 Å². The molecule has 1 amide bonds. The maximum Gasteiger partial charge on any atom is 0.237 e. The van der Waals surface area contributed by atoms with Crippen LogP contribution in [0.3, 0.4) is 0 Å². The van der Waals surface area contributed by atoms with Crippen molar-refractivity contribution >= 4 is 34.1 Å². The lowest BCUT2D eigenvalue weighted by Crippen LogP contribution is -2.22. The van der Waals surface area contributed by atoms with E-state index in [4.69, 9.17) is 0 Å². The fourth-order valence-electron chi connectivity index (χ4n) is 2.74. The Morgan fingerprint density at radius 3 is 2.81 bits per heavy atom. The number of hydrogen-bond acceptors (Lipinski definition) is 4. The second-order valence-electron chi connectivity index (χ2n) is 6.33. The number of benzene rings is 2. The van der Waals surface area contributed by atoms with Gasteiger partial charge in [-0.2, -0.15) is 0 Å². The van der Waals surface area contributed by atoms with Crippen LogP contribution >= 0.6 is 11.8 Å². The maximum absolute atomic E-state index is 12.6. The summed E-state index contributed by atoms with van der Waals surface area (Å²) < 4.78 is 2.03. The Labute approximate surface area is 158 Å². The van der Waals surface area contributed by atoms with Gasteiger partial charge in [-0.3, -0.25) is 4.79 Å². The Hall–Kier alpha value is -2.34. The quantitative estimate of drug-likeness (QED) is 0.461. The zero-order valence-electron chi connectivity index (χ0n) is 15.2. The van der Waals surface area contributed by atoms with Gasteiger partial charge < -0.3 is 9.88 Å². The summed E-state index contributed by atoms with van der Waals surface area (Å²) in [6, 6.07) is 14.1. The molecule has 1 N–H and O–H groups in total. The van der Waals surface area contributed by atoms with Crippen LogP contribution in [0, 0.1) is 0 Å². The van der Waals surface area contributed by atoms with Crippen LogP contribution in [0.15, 0.2) is 53.9 Å². The van der Waals surface area contributed by atoms with Crippen LogP contribution in [0.4, 0.5) is 5.69 Å². The third-order valence-electron chi connectivity index (χ3n) is 4.25. The molecule has 1 aromatic heterocycles. The Morgan fingerprint density at radius 1 is 1.19 bits per heavy atom. The standard InChI is InChI=1S/C20H24N4OS/c1-3-4-7-12-24-14-21-23-20(24)26-15(2)19(25)22-18-11-10-16-8-5-6-9-17(16)13-18/h5-6,8-11,13-15H,3-4,7,12H2,1-2H3,(H,22,25)/t15-/m1/s1. The van der Waals surface area contributed by atoms with Gasteiger partial charge in [0.1, 0.15) is 6.33 Å². The predicted molar refractivity (Wildman–Crippen MR) is 107 cm³/mol. The van der Waals surface area contributed by atoms with Crippen LogP contribution < -0.4 is 5.32 Å². The van der Waals surface area contributed by atoms with Crippen molar-refractivity contribution < 1.29 is 4.79 Å². The lowest BCUT2D eigenvalue weighted by atomic mass is 10.1. The molecule has 0 radical (unpaired) electrons. The minimum absolute atomic E-state index is 0.0339. The third-order valence-corrected chi connectivity index (χ3v) is 5.35. The molecule has 3 rings (SSSR count). The van der Waals surface area contributed by atoms with Crippen molar-refractivity contribution in [2.45, 2.75) is 50.1 Å². The molecule has 0 bridgehead atoms. The van der Waals surface area contributed by atoms with E-state index in [0.717, 1.165) is 34.6 Å². The minimum atomic E-state index is -0.254. The van der Waals surface area contributed by atoms with Gasteiger partial charge in [0, 0.05) is 12.2 Å². The van der Waals surface area contributed by atoms with Gasteiger partial charge in [0.15, 0.2) is 5.16 Å². The van der Waals surface area contributed by atoms with Gasteiger partial charge in [-0.25, -0.2) is 0 Å². The minimum Gasteiger partial charge on any atom is -0.325 e. The number of aromatic nitrogens is 3. The lowest BCUT2D eigenvalue weighted by Gasteiger charge is -2.13. The summed E-state index contributed by atoms with van der Waals surface area (Å²) in [4.78, 5) is 12.6. The molecule has 26 heavy (non-hydrogen) atoms. The van der Waals surface area contributed by atoms with Crippen molar-refractivity contribution in [2.75, 3.05) is 5.32 Å². The van der Waals surface area contributed by atoms with Crippen LogP contribution in [-0.2, 0) is 11.3 Å². The van der Waals surface area contributed by atoms with Crippen molar-refractivity contribution in [3.05, 3.63) is 48.8 Å². The molecule has 0 aliphatic rings. The second-order valence-corrected chi connectivity index (χ2v) is 7.63. The molecule has 0 aliphatic carbocycles. The van der Waals surface area contributed by atoms with Gasteiger partial charge in [0.05, 0.1) is 5.25 Å². The summed E-state index contributed by atoms with van der Waals surface area (Å²) in [5, 5.41) is 14.0. The molecule has 5 nitrogen and oxygen atoms in total. The van der Waals surface area contributed by atoms with E-state index in [9.17, 15) is 4.79 Å². The Bertz CT molecular complexity index is 877. The molecule has 6 heteroatoms. The van der Waals surface area contributed by atoms with Crippen LogP contribution in [0.25, 0.3) is 10.8 Å². The van der Waals surface area contributed by atoms with E-state index in [1.165, 1.54) is 24.6 Å². The van der Waals surface area contributed by atoms with Crippen LogP contribution in [0.5, 0.6) is 0 Å². The summed E-state index contributed by atoms with van der Waals surface area (Å²) in [5.74, 6) is -0.0339. The molecule has 0 saturated heterocycles. The Morgan fingerprint density at radius 2 is 2.00 bits per heavy atom. The first-order valence-corrected chi connectivity index (χ1v) is 9.89. The molecule has 0 unspecified atom stereocenters. The fraction of sp³-hybridized carbons (Fsp3) is 0.350. The van der Waals surface area contributed by atoms with Gasteiger partial charge in [-0.05, 0) is 36.2 Å². The topological polar surface area (TPSA) is 59.8 Å². The second kappa shape index (κ2) is 8.85. The van der Waals surface area contributed by atoms with E-state index in [2.05, 4.69) is 28.5 Å². The average Bonchev–Trinajstić information content (AvgIpc) is 3.09. The SMILES string of the molecule is CCCCCn1cnnc1S[C@H](C)C(=O)Nc1ccc2ccccc2c1. The lowest BCUT2D eigenvalue weighted by molar-refractivity contribution is -0.115. The normalized spacial score (nSPS) is 12.2. The number of rotatable bonds is 8. The molecular formula is C20H24N4OS. The first kappa shape index (κ1) is 18.5. The van der Waals surface area contributed by atoms with Crippen molar-refractivity contribution in [1.29, 1.82) is 0 Å². The van der Waals surface area contributed by atoms with Crippen LogP contribution in [-0.4, -0.2) is 25.9 Å². The van der Waals surface area contributed by atoms with E-state index in [1.807, 2.05) is 47.9 Å². The highest BCUT2D eigenvalue weighted by Gasteiger charge is 2.18. The van der Waals surface area contributed by atoms with E-state index in [1.54, 1.807) is 6.33 Å². The van der Waals surface area contributed by atoms with E-state index in [-0.39, 0.29) is 11.2 Å². The highest BCUT2D eigenvalue weighted by molar-refractivity contribution is 8.00. The summed E-state index contributed by atoms with van der Waals surface area (Å²) in [7, 11) is 0. The molecule has 0 aliphatic heterocycles. The van der Waals surface area contributed by atoms with Gasteiger partial charge in [-0.15, -0.1) is 10.2 Å². The first-order valence-electron chi connectivity index (χ1n) is 9.01. The van der Waals surface area contributed by atoms with Crippen LogP contribution in [0.1, 0.15) is 33.1 Å². The molecule has 0 saturated carbocycles. The number of amides is 1. The summed E-state index contributed by atoms with van der Waals surface area (Å²) in [6.07, 6.45) is 5.20. The average molecular weight is 369 g/mol. The monoisotopic (exact) mass is 368 g/mol. The number of fused-ring (bicyclic) bond motifs is 1.